The second-order valence-corrected chi connectivity index (χ2v) is 6.08. The average molecular weight is 350 g/mol. The van der Waals surface area contributed by atoms with Gasteiger partial charge < -0.3 is 20.4 Å². The quantitative estimate of drug-likeness (QED) is 0.772. The van der Waals surface area contributed by atoms with Crippen molar-refractivity contribution < 1.29 is 18.8 Å². The van der Waals surface area contributed by atoms with Gasteiger partial charge in [0.05, 0.1) is 0 Å². The molecule has 2 N–H and O–H groups in total. The number of nitrogens with zero attached hydrogens (tertiary/aromatic N) is 2. The Morgan fingerprint density at radius 3 is 2.44 bits per heavy atom. The van der Waals surface area contributed by atoms with Crippen molar-refractivity contribution in [2.45, 2.75) is 18.9 Å². The van der Waals surface area contributed by atoms with Gasteiger partial charge in [0.2, 0.25) is 5.91 Å². The highest BCUT2D eigenvalue weighted by atomic mass is 19.1. The third-order valence-corrected chi connectivity index (χ3v) is 4.00. The van der Waals surface area contributed by atoms with Crippen LogP contribution in [0.4, 0.5) is 9.18 Å². The molecule has 1 fully saturated rings. The number of amides is 4. The van der Waals surface area contributed by atoms with Crippen LogP contribution in [0.2, 0.25) is 0 Å². The van der Waals surface area contributed by atoms with Crippen LogP contribution in [0.25, 0.3) is 0 Å². The maximum atomic E-state index is 12.8. The van der Waals surface area contributed by atoms with Crippen LogP contribution < -0.4 is 10.6 Å². The number of likely N-dealkylation sites (tertiary alicyclic amines) is 1. The maximum absolute atomic E-state index is 12.8. The zero-order valence-corrected chi connectivity index (χ0v) is 14.4. The lowest BCUT2D eigenvalue weighted by molar-refractivity contribution is -0.124. The van der Waals surface area contributed by atoms with Gasteiger partial charge in [0.1, 0.15) is 11.9 Å². The number of urea groups is 1. The third kappa shape index (κ3) is 4.91. The minimum absolute atomic E-state index is 0.178. The van der Waals surface area contributed by atoms with Crippen molar-refractivity contribution in [1.29, 1.82) is 0 Å². The summed E-state index contributed by atoms with van der Waals surface area (Å²) in [5.74, 6) is -0.958. The van der Waals surface area contributed by atoms with Crippen molar-refractivity contribution in [3.63, 3.8) is 0 Å². The Balaban J connectivity index is 1.75. The molecule has 1 heterocycles. The highest BCUT2D eigenvalue weighted by Crippen LogP contribution is 2.18. The summed E-state index contributed by atoms with van der Waals surface area (Å²) >= 11 is 0. The van der Waals surface area contributed by atoms with Crippen LogP contribution >= 0.6 is 0 Å². The molecule has 2 rings (SSSR count). The molecule has 1 atom stereocenters. The number of benzene rings is 1. The predicted octanol–water partition coefficient (Wildman–Crippen LogP) is 0.818. The molecule has 0 radical (unpaired) electrons. The predicted molar refractivity (Wildman–Crippen MR) is 90.6 cm³/mol. The first kappa shape index (κ1) is 18.7. The van der Waals surface area contributed by atoms with Crippen molar-refractivity contribution in [3.05, 3.63) is 35.6 Å². The number of halogens is 1. The van der Waals surface area contributed by atoms with Crippen molar-refractivity contribution in [2.75, 3.05) is 33.7 Å². The summed E-state index contributed by atoms with van der Waals surface area (Å²) in [5, 5.41) is 5.39. The lowest BCUT2D eigenvalue weighted by Crippen LogP contribution is -2.50. The zero-order valence-electron chi connectivity index (χ0n) is 14.4. The first-order chi connectivity index (χ1) is 11.9. The van der Waals surface area contributed by atoms with Crippen LogP contribution in [-0.4, -0.2) is 67.4 Å². The summed E-state index contributed by atoms with van der Waals surface area (Å²) < 4.78 is 12.8. The van der Waals surface area contributed by atoms with Gasteiger partial charge in [-0.1, -0.05) is 0 Å². The van der Waals surface area contributed by atoms with Gasteiger partial charge >= 0.3 is 6.03 Å². The molecule has 1 aromatic rings. The van der Waals surface area contributed by atoms with E-state index in [2.05, 4.69) is 10.6 Å². The summed E-state index contributed by atoms with van der Waals surface area (Å²) in [5.41, 5.74) is 0.353. The Morgan fingerprint density at radius 1 is 1.16 bits per heavy atom. The van der Waals surface area contributed by atoms with E-state index in [1.807, 2.05) is 0 Å². The lowest BCUT2D eigenvalue weighted by atomic mass is 10.2. The van der Waals surface area contributed by atoms with Gasteiger partial charge in [-0.05, 0) is 37.1 Å². The highest BCUT2D eigenvalue weighted by Gasteiger charge is 2.34. The Labute approximate surface area is 146 Å². The fraction of sp³-hybridized carbons (Fsp3) is 0.471. The molecule has 1 aliphatic heterocycles. The van der Waals surface area contributed by atoms with E-state index in [9.17, 15) is 18.8 Å². The Hall–Kier alpha value is -2.64. The molecule has 0 bridgehead atoms. The molecule has 0 saturated carbocycles. The number of nitrogens with one attached hydrogen (secondary N) is 2. The number of hydrogen-bond donors (Lipinski definition) is 2. The van der Waals surface area contributed by atoms with E-state index in [-0.39, 0.29) is 30.9 Å². The molecule has 1 aromatic carbocycles. The first-order valence-corrected chi connectivity index (χ1v) is 8.19. The minimum atomic E-state index is -0.470. The van der Waals surface area contributed by atoms with Gasteiger partial charge in [-0.2, -0.15) is 0 Å². The SMILES string of the molecule is CN(C)C(=O)N1CCC[C@H]1C(=O)NCCNC(=O)c1ccc(F)cc1. The van der Waals surface area contributed by atoms with E-state index < -0.39 is 11.9 Å². The van der Waals surface area contributed by atoms with Crippen molar-refractivity contribution in [1.82, 2.24) is 20.4 Å². The van der Waals surface area contributed by atoms with Crippen LogP contribution in [0.15, 0.2) is 24.3 Å². The average Bonchev–Trinajstić information content (AvgIpc) is 3.07. The molecule has 7 nitrogen and oxygen atoms in total. The lowest BCUT2D eigenvalue weighted by Gasteiger charge is -2.26. The van der Waals surface area contributed by atoms with Gasteiger partial charge in [-0.25, -0.2) is 9.18 Å². The van der Waals surface area contributed by atoms with Crippen LogP contribution in [0, 0.1) is 5.82 Å². The molecular weight excluding hydrogens is 327 g/mol. The molecule has 25 heavy (non-hydrogen) atoms. The molecule has 0 aliphatic carbocycles. The van der Waals surface area contributed by atoms with Gasteiger partial charge in [0, 0.05) is 39.3 Å². The molecule has 0 aromatic heterocycles. The fourth-order valence-corrected chi connectivity index (χ4v) is 2.71. The van der Waals surface area contributed by atoms with Crippen molar-refractivity contribution in [2.24, 2.45) is 0 Å². The summed E-state index contributed by atoms with van der Waals surface area (Å²) in [6.45, 7) is 1.07. The van der Waals surface area contributed by atoms with E-state index in [1.54, 1.807) is 19.0 Å². The third-order valence-electron chi connectivity index (χ3n) is 4.00. The van der Waals surface area contributed by atoms with Gasteiger partial charge in [-0.3, -0.25) is 9.59 Å². The number of rotatable bonds is 5. The maximum Gasteiger partial charge on any atom is 0.320 e. The highest BCUT2D eigenvalue weighted by molar-refractivity contribution is 5.94. The number of carbonyl (C=O) groups is 3. The van der Waals surface area contributed by atoms with Crippen LogP contribution in [-0.2, 0) is 4.79 Å². The summed E-state index contributed by atoms with van der Waals surface area (Å²) in [7, 11) is 3.31. The Morgan fingerprint density at radius 2 is 1.80 bits per heavy atom. The zero-order chi connectivity index (χ0) is 18.4. The number of carbonyl (C=O) groups excluding carboxylic acids is 3. The molecule has 0 spiro atoms. The number of hydrogen-bond acceptors (Lipinski definition) is 3. The fourth-order valence-electron chi connectivity index (χ4n) is 2.71. The monoisotopic (exact) mass is 350 g/mol. The topological polar surface area (TPSA) is 81.8 Å². The van der Waals surface area contributed by atoms with E-state index in [0.29, 0.717) is 18.5 Å². The first-order valence-electron chi connectivity index (χ1n) is 8.19. The smallest absolute Gasteiger partial charge is 0.320 e. The van der Waals surface area contributed by atoms with E-state index in [0.717, 1.165) is 6.42 Å². The van der Waals surface area contributed by atoms with Crippen molar-refractivity contribution >= 4 is 17.8 Å². The minimum Gasteiger partial charge on any atom is -0.353 e. The molecule has 1 saturated heterocycles. The molecule has 4 amide bonds. The van der Waals surface area contributed by atoms with Gasteiger partial charge in [-0.15, -0.1) is 0 Å². The summed E-state index contributed by atoms with van der Waals surface area (Å²) in [6.07, 6.45) is 1.42. The standard InChI is InChI=1S/C17H23FN4O3/c1-21(2)17(25)22-11-3-4-14(22)16(24)20-10-9-19-15(23)12-5-7-13(18)8-6-12/h5-8,14H,3-4,9-11H2,1-2H3,(H,19,23)(H,20,24)/t14-/m0/s1. The van der Waals surface area contributed by atoms with Gasteiger partial charge in [0.25, 0.3) is 5.91 Å². The molecular formula is C17H23FN4O3. The van der Waals surface area contributed by atoms with E-state index >= 15 is 0 Å². The summed E-state index contributed by atoms with van der Waals surface area (Å²) in [6, 6.07) is 4.57. The molecule has 8 heteroatoms. The Bertz CT molecular complexity index is 633. The van der Waals surface area contributed by atoms with Crippen LogP contribution in [0.3, 0.4) is 0 Å². The molecule has 136 valence electrons. The van der Waals surface area contributed by atoms with E-state index in [4.69, 9.17) is 0 Å². The van der Waals surface area contributed by atoms with Gasteiger partial charge in [0.15, 0.2) is 0 Å². The second kappa shape index (κ2) is 8.46. The normalized spacial score (nSPS) is 16.4. The van der Waals surface area contributed by atoms with E-state index in [1.165, 1.54) is 29.2 Å². The molecule has 0 unspecified atom stereocenters. The Kier molecular flexibility index (Phi) is 6.32. The van der Waals surface area contributed by atoms with Crippen LogP contribution in [0.5, 0.6) is 0 Å². The van der Waals surface area contributed by atoms with Crippen molar-refractivity contribution in [3.8, 4) is 0 Å². The summed E-state index contributed by atoms with van der Waals surface area (Å²) in [4.78, 5) is 39.2. The second-order valence-electron chi connectivity index (χ2n) is 6.08. The van der Waals surface area contributed by atoms with Crippen LogP contribution in [0.1, 0.15) is 23.2 Å². The largest absolute Gasteiger partial charge is 0.353 e. The molecule has 1 aliphatic rings.